The van der Waals surface area contributed by atoms with Crippen molar-refractivity contribution in [2.45, 2.75) is 50.8 Å². The first-order valence-electron chi connectivity index (χ1n) is 11.6. The van der Waals surface area contributed by atoms with Crippen molar-refractivity contribution in [1.29, 1.82) is 0 Å². The standard InChI is InChI=1S/C19H25N5O.2C2HF3O2/c1-14-6-7-18(23-22-14)21-17-13-24(11-15-4-2-8-20-10-15)12-16-5-3-9-25-19(16)17;2*3-2(4,5)1(6)7/h2,4,6-8,10,16-17,19H,3,5,9,11-13H2,1H3,(H,21,23);2*(H,6,7)/t16-,17+,19-;;/m0../s1. The number of nitrogens with zero attached hydrogens (tertiary/aromatic N) is 4. The van der Waals surface area contributed by atoms with Gasteiger partial charge in [0.05, 0.1) is 17.8 Å². The molecule has 4 heterocycles. The van der Waals surface area contributed by atoms with Crippen LogP contribution in [0.25, 0.3) is 0 Å². The van der Waals surface area contributed by atoms with Crippen molar-refractivity contribution in [3.8, 4) is 0 Å². The number of rotatable bonds is 4. The van der Waals surface area contributed by atoms with Crippen molar-refractivity contribution in [3.63, 3.8) is 0 Å². The molecule has 0 saturated carbocycles. The normalized spacial score (nSPS) is 21.3. The molecular weight excluding hydrogens is 540 g/mol. The number of hydrogen-bond donors (Lipinski definition) is 3. The third-order valence-electron chi connectivity index (χ3n) is 5.58. The molecule has 2 fully saturated rings. The lowest BCUT2D eigenvalue weighted by Gasteiger charge is -2.46. The van der Waals surface area contributed by atoms with E-state index in [9.17, 15) is 26.3 Å². The number of pyridine rings is 1. The number of ether oxygens (including phenoxy) is 1. The van der Waals surface area contributed by atoms with Crippen LogP contribution in [-0.4, -0.2) is 86.4 Å². The Labute approximate surface area is 219 Å². The molecule has 3 atom stereocenters. The Kier molecular flexibility index (Phi) is 11.4. The smallest absolute Gasteiger partial charge is 0.475 e. The molecule has 39 heavy (non-hydrogen) atoms. The van der Waals surface area contributed by atoms with Crippen molar-refractivity contribution in [1.82, 2.24) is 20.1 Å². The summed E-state index contributed by atoms with van der Waals surface area (Å²) < 4.78 is 69.6. The Morgan fingerprint density at radius 1 is 1.05 bits per heavy atom. The first-order chi connectivity index (χ1) is 18.2. The van der Waals surface area contributed by atoms with Gasteiger partial charge in [0, 0.05) is 38.6 Å². The van der Waals surface area contributed by atoms with Crippen LogP contribution in [0.1, 0.15) is 24.1 Å². The number of carbonyl (C=O) groups is 2. The number of piperidine rings is 1. The van der Waals surface area contributed by atoms with E-state index in [0.717, 1.165) is 44.2 Å². The second kappa shape index (κ2) is 14.0. The maximum absolute atomic E-state index is 10.6. The fourth-order valence-electron chi connectivity index (χ4n) is 3.97. The summed E-state index contributed by atoms with van der Waals surface area (Å²) in [5.41, 5.74) is 2.19. The molecule has 0 radical (unpaired) electrons. The van der Waals surface area contributed by atoms with Crippen molar-refractivity contribution >= 4 is 17.8 Å². The quantitative estimate of drug-likeness (QED) is 0.471. The second-order valence-electron chi connectivity index (χ2n) is 8.71. The van der Waals surface area contributed by atoms with E-state index in [0.29, 0.717) is 5.92 Å². The number of nitrogens with one attached hydrogen (secondary N) is 1. The third kappa shape index (κ3) is 11.0. The lowest BCUT2D eigenvalue weighted by molar-refractivity contribution is -0.193. The van der Waals surface area contributed by atoms with Gasteiger partial charge in [0.2, 0.25) is 0 Å². The zero-order valence-corrected chi connectivity index (χ0v) is 20.6. The fourth-order valence-corrected chi connectivity index (χ4v) is 3.97. The molecule has 2 saturated heterocycles. The van der Waals surface area contributed by atoms with Crippen LogP contribution < -0.4 is 5.32 Å². The van der Waals surface area contributed by atoms with Gasteiger partial charge in [0.1, 0.15) is 5.82 Å². The highest BCUT2D eigenvalue weighted by Crippen LogP contribution is 2.30. The molecule has 0 unspecified atom stereocenters. The van der Waals surface area contributed by atoms with Crippen LogP contribution in [0, 0.1) is 12.8 Å². The number of anilines is 1. The summed E-state index contributed by atoms with van der Waals surface area (Å²) in [7, 11) is 0. The van der Waals surface area contributed by atoms with Crippen LogP contribution in [0.3, 0.4) is 0 Å². The number of carboxylic acid groups (broad SMARTS) is 2. The molecular formula is C23H27F6N5O5. The highest BCUT2D eigenvalue weighted by atomic mass is 19.4. The van der Waals surface area contributed by atoms with Gasteiger partial charge < -0.3 is 20.3 Å². The second-order valence-corrected chi connectivity index (χ2v) is 8.71. The van der Waals surface area contributed by atoms with Gasteiger partial charge >= 0.3 is 24.3 Å². The van der Waals surface area contributed by atoms with Crippen LogP contribution in [0.15, 0.2) is 36.7 Å². The molecule has 0 spiro atoms. The molecule has 2 aliphatic heterocycles. The van der Waals surface area contributed by atoms with Gasteiger partial charge in [-0.2, -0.15) is 31.4 Å². The van der Waals surface area contributed by atoms with E-state index < -0.39 is 24.3 Å². The molecule has 2 aliphatic rings. The fraction of sp³-hybridized carbons (Fsp3) is 0.522. The van der Waals surface area contributed by atoms with Gasteiger partial charge in [-0.3, -0.25) is 9.88 Å². The molecule has 3 N–H and O–H groups in total. The topological polar surface area (TPSA) is 138 Å². The summed E-state index contributed by atoms with van der Waals surface area (Å²) in [6.45, 7) is 5.76. The maximum atomic E-state index is 10.6. The molecule has 0 aliphatic carbocycles. The van der Waals surface area contributed by atoms with Gasteiger partial charge in [-0.15, -0.1) is 5.10 Å². The number of carboxylic acids is 2. The number of halogens is 6. The van der Waals surface area contributed by atoms with E-state index in [1.165, 1.54) is 12.0 Å². The lowest BCUT2D eigenvalue weighted by Crippen LogP contribution is -2.57. The predicted octanol–water partition coefficient (Wildman–Crippen LogP) is 3.54. The van der Waals surface area contributed by atoms with Crippen LogP contribution in [0.5, 0.6) is 0 Å². The number of fused-ring (bicyclic) bond motifs is 1. The lowest BCUT2D eigenvalue weighted by atomic mass is 9.85. The zero-order valence-electron chi connectivity index (χ0n) is 20.6. The van der Waals surface area contributed by atoms with Gasteiger partial charge in [0.15, 0.2) is 0 Å². The first-order valence-corrected chi connectivity index (χ1v) is 11.6. The Hall–Kier alpha value is -3.53. The summed E-state index contributed by atoms with van der Waals surface area (Å²) in [6, 6.07) is 8.37. The number of aliphatic carboxylic acids is 2. The summed E-state index contributed by atoms with van der Waals surface area (Å²) in [5.74, 6) is -4.12. The highest BCUT2D eigenvalue weighted by Gasteiger charge is 2.40. The molecule has 0 amide bonds. The average Bonchev–Trinajstić information content (AvgIpc) is 2.86. The number of alkyl halides is 6. The monoisotopic (exact) mass is 567 g/mol. The minimum absolute atomic E-state index is 0.229. The van der Waals surface area contributed by atoms with Crippen molar-refractivity contribution in [2.75, 3.05) is 25.0 Å². The SMILES string of the molecule is Cc1ccc(N[C@@H]2CN(Cc3cccnc3)C[C@@H]3CCCO[C@@H]32)nn1.O=C(O)C(F)(F)F.O=C(O)C(F)(F)F. The Morgan fingerprint density at radius 2 is 1.69 bits per heavy atom. The van der Waals surface area contributed by atoms with Crippen LogP contribution in [0.2, 0.25) is 0 Å². The van der Waals surface area contributed by atoms with E-state index in [1.54, 1.807) is 0 Å². The Bertz CT molecular complexity index is 1030. The summed E-state index contributed by atoms with van der Waals surface area (Å²) in [6.07, 6.45) is -3.75. The number of aromatic nitrogens is 3. The van der Waals surface area contributed by atoms with Crippen molar-refractivity contribution in [3.05, 3.63) is 47.9 Å². The van der Waals surface area contributed by atoms with Gasteiger partial charge in [0.25, 0.3) is 0 Å². The van der Waals surface area contributed by atoms with Crippen LogP contribution >= 0.6 is 0 Å². The van der Waals surface area contributed by atoms with Crippen LogP contribution in [0.4, 0.5) is 32.2 Å². The minimum Gasteiger partial charge on any atom is -0.475 e. The Morgan fingerprint density at radius 3 is 2.21 bits per heavy atom. The van der Waals surface area contributed by atoms with Gasteiger partial charge in [-0.25, -0.2) is 9.59 Å². The number of likely N-dealkylation sites (tertiary alicyclic amines) is 1. The number of aryl methyl sites for hydroxylation is 1. The molecule has 2 aromatic heterocycles. The molecule has 0 bridgehead atoms. The van der Waals surface area contributed by atoms with E-state index >= 15 is 0 Å². The van der Waals surface area contributed by atoms with Crippen molar-refractivity contribution < 1.29 is 50.9 Å². The molecule has 4 rings (SSSR count). The molecule has 0 aromatic carbocycles. The largest absolute Gasteiger partial charge is 0.490 e. The summed E-state index contributed by atoms with van der Waals surface area (Å²) >= 11 is 0. The van der Waals surface area contributed by atoms with Gasteiger partial charge in [-0.1, -0.05) is 6.07 Å². The van der Waals surface area contributed by atoms with Gasteiger partial charge in [-0.05, 0) is 49.4 Å². The molecule has 10 nitrogen and oxygen atoms in total. The minimum atomic E-state index is -5.08. The van der Waals surface area contributed by atoms with E-state index in [-0.39, 0.29) is 12.1 Å². The predicted molar refractivity (Wildman–Crippen MR) is 124 cm³/mol. The summed E-state index contributed by atoms with van der Waals surface area (Å²) in [5, 5.41) is 26.3. The molecule has 16 heteroatoms. The number of hydrogen-bond acceptors (Lipinski definition) is 8. The first kappa shape index (κ1) is 31.7. The third-order valence-corrected chi connectivity index (χ3v) is 5.58. The zero-order chi connectivity index (χ0) is 29.2. The summed E-state index contributed by atoms with van der Waals surface area (Å²) in [4.78, 5) is 24.5. The van der Waals surface area contributed by atoms with E-state index in [4.69, 9.17) is 24.5 Å². The molecule has 2 aromatic rings. The van der Waals surface area contributed by atoms with E-state index in [2.05, 4.69) is 31.5 Å². The van der Waals surface area contributed by atoms with E-state index in [1.807, 2.05) is 37.5 Å². The molecule has 216 valence electrons. The Balaban J connectivity index is 0.000000317. The highest BCUT2D eigenvalue weighted by molar-refractivity contribution is 5.73. The van der Waals surface area contributed by atoms with Crippen LogP contribution in [-0.2, 0) is 20.9 Å². The average molecular weight is 567 g/mol. The van der Waals surface area contributed by atoms with Crippen molar-refractivity contribution in [2.24, 2.45) is 5.92 Å². The maximum Gasteiger partial charge on any atom is 0.490 e.